The predicted octanol–water partition coefficient (Wildman–Crippen LogP) is 0.738. The van der Waals surface area contributed by atoms with Crippen LogP contribution in [0.15, 0.2) is 30.7 Å². The number of hydrogen-bond donors (Lipinski definition) is 1. The van der Waals surface area contributed by atoms with Gasteiger partial charge in [-0.05, 0) is 18.1 Å². The normalized spacial score (nSPS) is 11.9. The first-order chi connectivity index (χ1) is 9.46. The van der Waals surface area contributed by atoms with Crippen LogP contribution in [0, 0.1) is 5.92 Å². The molecular weight excluding hydrogens is 278 g/mol. The lowest BCUT2D eigenvalue weighted by Gasteiger charge is -2.06. The molecule has 8 heteroatoms. The maximum atomic E-state index is 11.7. The van der Waals surface area contributed by atoms with E-state index in [1.165, 1.54) is 0 Å². The van der Waals surface area contributed by atoms with Gasteiger partial charge >= 0.3 is 0 Å². The Morgan fingerprint density at radius 3 is 2.65 bits per heavy atom. The quantitative estimate of drug-likeness (QED) is 0.849. The van der Waals surface area contributed by atoms with Crippen molar-refractivity contribution in [3.05, 3.63) is 36.4 Å². The summed E-state index contributed by atoms with van der Waals surface area (Å²) >= 11 is 0. The van der Waals surface area contributed by atoms with Gasteiger partial charge in [-0.3, -0.25) is 4.98 Å². The van der Waals surface area contributed by atoms with Gasteiger partial charge in [0.05, 0.1) is 29.9 Å². The molecule has 0 aromatic carbocycles. The SMILES string of the molecule is CC(C)CS(=O)(=O)NCc1cn(-c2ccncc2)nn1. The fourth-order valence-corrected chi connectivity index (χ4v) is 3.05. The van der Waals surface area contributed by atoms with E-state index in [4.69, 9.17) is 0 Å². The van der Waals surface area contributed by atoms with E-state index in [9.17, 15) is 8.42 Å². The molecule has 0 saturated carbocycles. The third-order valence-electron chi connectivity index (χ3n) is 2.49. The van der Waals surface area contributed by atoms with Crippen LogP contribution in [0.5, 0.6) is 0 Å². The number of pyridine rings is 1. The lowest BCUT2D eigenvalue weighted by molar-refractivity contribution is 0.567. The summed E-state index contributed by atoms with van der Waals surface area (Å²) in [6, 6.07) is 3.59. The Balaban J connectivity index is 2.01. The van der Waals surface area contributed by atoms with Crippen molar-refractivity contribution in [2.75, 3.05) is 5.75 Å². The zero-order valence-corrected chi connectivity index (χ0v) is 12.2. The highest BCUT2D eigenvalue weighted by Gasteiger charge is 2.13. The standard InChI is InChI=1S/C12H17N5O2S/c1-10(2)9-20(18,19)14-7-11-8-17(16-15-11)12-3-5-13-6-4-12/h3-6,8,10,14H,7,9H2,1-2H3. The monoisotopic (exact) mass is 295 g/mol. The van der Waals surface area contributed by atoms with Crippen LogP contribution in [-0.2, 0) is 16.6 Å². The molecule has 0 atom stereocenters. The summed E-state index contributed by atoms with van der Waals surface area (Å²) in [6.45, 7) is 3.86. The summed E-state index contributed by atoms with van der Waals surface area (Å²) in [5.74, 6) is 0.186. The molecule has 2 rings (SSSR count). The summed E-state index contributed by atoms with van der Waals surface area (Å²) in [7, 11) is -3.27. The summed E-state index contributed by atoms with van der Waals surface area (Å²) < 4.78 is 27.5. The van der Waals surface area contributed by atoms with Crippen molar-refractivity contribution < 1.29 is 8.42 Å². The maximum Gasteiger partial charge on any atom is 0.212 e. The topological polar surface area (TPSA) is 89.8 Å². The number of hydrogen-bond acceptors (Lipinski definition) is 5. The fourth-order valence-electron chi connectivity index (χ4n) is 1.68. The molecule has 2 aromatic rings. The van der Waals surface area contributed by atoms with Crippen LogP contribution in [-0.4, -0.2) is 34.1 Å². The minimum atomic E-state index is -3.27. The lowest BCUT2D eigenvalue weighted by Crippen LogP contribution is -2.28. The molecule has 7 nitrogen and oxygen atoms in total. The van der Waals surface area contributed by atoms with Gasteiger partial charge in [0, 0.05) is 12.4 Å². The Bertz CT molecular complexity index is 651. The molecule has 2 heterocycles. The van der Waals surface area contributed by atoms with Crippen LogP contribution in [0.2, 0.25) is 0 Å². The summed E-state index contributed by atoms with van der Waals surface area (Å²) in [5, 5.41) is 7.89. The van der Waals surface area contributed by atoms with Crippen molar-refractivity contribution >= 4 is 10.0 Å². The van der Waals surface area contributed by atoms with Crippen molar-refractivity contribution in [1.29, 1.82) is 0 Å². The highest BCUT2D eigenvalue weighted by molar-refractivity contribution is 7.89. The molecule has 1 N–H and O–H groups in total. The summed E-state index contributed by atoms with van der Waals surface area (Å²) in [6.07, 6.45) is 5.00. The average Bonchev–Trinajstić information content (AvgIpc) is 2.85. The van der Waals surface area contributed by atoms with Crippen LogP contribution in [0.1, 0.15) is 19.5 Å². The molecule has 0 saturated heterocycles. The Kier molecular flexibility index (Phi) is 4.46. The van der Waals surface area contributed by atoms with E-state index in [-0.39, 0.29) is 18.2 Å². The van der Waals surface area contributed by atoms with Gasteiger partial charge in [-0.25, -0.2) is 17.8 Å². The molecule has 0 spiro atoms. The predicted molar refractivity (Wildman–Crippen MR) is 74.6 cm³/mol. The first-order valence-corrected chi connectivity index (χ1v) is 7.90. The second kappa shape index (κ2) is 6.10. The number of aromatic nitrogens is 4. The largest absolute Gasteiger partial charge is 0.265 e. The Hall–Kier alpha value is -1.80. The number of sulfonamides is 1. The molecule has 0 aliphatic carbocycles. The van der Waals surface area contributed by atoms with Gasteiger partial charge in [-0.1, -0.05) is 19.1 Å². The van der Waals surface area contributed by atoms with E-state index in [1.807, 2.05) is 13.8 Å². The Morgan fingerprint density at radius 2 is 2.00 bits per heavy atom. The third-order valence-corrected chi connectivity index (χ3v) is 4.18. The molecule has 20 heavy (non-hydrogen) atoms. The number of nitrogens with one attached hydrogen (secondary N) is 1. The van der Waals surface area contributed by atoms with Crippen molar-refractivity contribution in [2.24, 2.45) is 5.92 Å². The molecule has 0 aliphatic heterocycles. The van der Waals surface area contributed by atoms with E-state index in [0.29, 0.717) is 5.69 Å². The van der Waals surface area contributed by atoms with Gasteiger partial charge in [0.25, 0.3) is 0 Å². The van der Waals surface area contributed by atoms with Crippen molar-refractivity contribution in [3.63, 3.8) is 0 Å². The maximum absolute atomic E-state index is 11.7. The van der Waals surface area contributed by atoms with E-state index >= 15 is 0 Å². The third kappa shape index (κ3) is 4.10. The first-order valence-electron chi connectivity index (χ1n) is 6.25. The summed E-state index contributed by atoms with van der Waals surface area (Å²) in [5.41, 5.74) is 1.39. The highest BCUT2D eigenvalue weighted by atomic mass is 32.2. The minimum absolute atomic E-state index is 0.0833. The smallest absolute Gasteiger partial charge is 0.212 e. The van der Waals surface area contributed by atoms with Crippen molar-refractivity contribution in [2.45, 2.75) is 20.4 Å². The molecule has 0 radical (unpaired) electrons. The second-order valence-corrected chi connectivity index (χ2v) is 6.71. The lowest BCUT2D eigenvalue weighted by atomic mass is 10.3. The van der Waals surface area contributed by atoms with Crippen molar-refractivity contribution in [1.82, 2.24) is 24.7 Å². The Morgan fingerprint density at radius 1 is 1.30 bits per heavy atom. The second-order valence-electron chi connectivity index (χ2n) is 4.86. The molecule has 0 aliphatic rings. The van der Waals surface area contributed by atoms with Crippen LogP contribution >= 0.6 is 0 Å². The van der Waals surface area contributed by atoms with Crippen LogP contribution in [0.4, 0.5) is 0 Å². The molecule has 0 fully saturated rings. The van der Waals surface area contributed by atoms with Gasteiger partial charge < -0.3 is 0 Å². The van der Waals surface area contributed by atoms with Gasteiger partial charge in [0.15, 0.2) is 0 Å². The van der Waals surface area contributed by atoms with Crippen LogP contribution < -0.4 is 4.72 Å². The number of nitrogens with zero attached hydrogens (tertiary/aromatic N) is 4. The van der Waals surface area contributed by atoms with Crippen LogP contribution in [0.25, 0.3) is 5.69 Å². The Labute approximate surface area is 118 Å². The van der Waals surface area contributed by atoms with E-state index < -0.39 is 10.0 Å². The van der Waals surface area contributed by atoms with E-state index in [1.54, 1.807) is 35.4 Å². The van der Waals surface area contributed by atoms with Gasteiger partial charge in [-0.15, -0.1) is 5.10 Å². The van der Waals surface area contributed by atoms with Gasteiger partial charge in [-0.2, -0.15) is 0 Å². The molecule has 108 valence electrons. The zero-order valence-electron chi connectivity index (χ0n) is 11.4. The van der Waals surface area contributed by atoms with Gasteiger partial charge in [0.1, 0.15) is 0 Å². The van der Waals surface area contributed by atoms with Crippen molar-refractivity contribution in [3.8, 4) is 5.69 Å². The molecule has 0 bridgehead atoms. The van der Waals surface area contributed by atoms with E-state index in [2.05, 4.69) is 20.0 Å². The number of rotatable bonds is 6. The highest BCUT2D eigenvalue weighted by Crippen LogP contribution is 2.05. The van der Waals surface area contributed by atoms with Crippen LogP contribution in [0.3, 0.4) is 0 Å². The zero-order chi connectivity index (χ0) is 14.6. The summed E-state index contributed by atoms with van der Waals surface area (Å²) in [4.78, 5) is 3.92. The van der Waals surface area contributed by atoms with Gasteiger partial charge in [0.2, 0.25) is 10.0 Å². The molecule has 0 unspecified atom stereocenters. The molecular formula is C12H17N5O2S. The first kappa shape index (κ1) is 14.6. The fraction of sp³-hybridized carbons (Fsp3) is 0.417. The molecule has 2 aromatic heterocycles. The average molecular weight is 295 g/mol. The minimum Gasteiger partial charge on any atom is -0.265 e. The van der Waals surface area contributed by atoms with E-state index in [0.717, 1.165) is 5.69 Å². The molecule has 0 amide bonds.